The molecule has 178 valence electrons. The summed E-state index contributed by atoms with van der Waals surface area (Å²) < 4.78 is 1.67. The third-order valence-corrected chi connectivity index (χ3v) is 6.82. The van der Waals surface area contributed by atoms with Crippen LogP contribution in [0.4, 0.5) is 16.4 Å². The van der Waals surface area contributed by atoms with Crippen molar-refractivity contribution in [2.75, 3.05) is 42.9 Å². The Morgan fingerprint density at radius 3 is 2.59 bits per heavy atom. The number of aromatic nitrogens is 3. The zero-order valence-electron chi connectivity index (χ0n) is 19.5. The standard InChI is InChI=1S/C25H31N7O2/c1-2-26-25(34)28-21-17-32-22(27-21)8-9-23(29-32)31-15-12-20(16-31)24(33)30-13-10-19(11-14-30)18-6-4-3-5-7-18/h3-9,17,19-20H,2,10-16H2,1H3,(H2,26,28,34). The lowest BCUT2D eigenvalue weighted by atomic mass is 9.89. The van der Waals surface area contributed by atoms with Gasteiger partial charge < -0.3 is 15.1 Å². The van der Waals surface area contributed by atoms with Crippen molar-refractivity contribution >= 4 is 29.2 Å². The largest absolute Gasteiger partial charge is 0.354 e. The Bertz CT molecular complexity index is 1150. The summed E-state index contributed by atoms with van der Waals surface area (Å²) in [7, 11) is 0. The van der Waals surface area contributed by atoms with Crippen LogP contribution in [0.5, 0.6) is 0 Å². The summed E-state index contributed by atoms with van der Waals surface area (Å²) in [5.41, 5.74) is 2.04. The number of carbonyl (C=O) groups is 2. The fourth-order valence-electron chi connectivity index (χ4n) is 5.01. The van der Waals surface area contributed by atoms with Crippen molar-refractivity contribution in [1.82, 2.24) is 24.8 Å². The lowest BCUT2D eigenvalue weighted by Crippen LogP contribution is -2.42. The fraction of sp³-hybridized carbons (Fsp3) is 0.440. The minimum atomic E-state index is -0.292. The molecule has 0 bridgehead atoms. The molecule has 0 aliphatic carbocycles. The van der Waals surface area contributed by atoms with Crippen molar-refractivity contribution in [2.45, 2.75) is 32.1 Å². The average Bonchev–Trinajstić information content (AvgIpc) is 3.51. The van der Waals surface area contributed by atoms with E-state index in [9.17, 15) is 9.59 Å². The monoisotopic (exact) mass is 461 g/mol. The van der Waals surface area contributed by atoms with Gasteiger partial charge in [-0.15, -0.1) is 5.10 Å². The average molecular weight is 462 g/mol. The smallest absolute Gasteiger partial charge is 0.320 e. The molecular weight excluding hydrogens is 430 g/mol. The van der Waals surface area contributed by atoms with Gasteiger partial charge in [0, 0.05) is 32.7 Å². The Morgan fingerprint density at radius 2 is 1.82 bits per heavy atom. The van der Waals surface area contributed by atoms with Crippen molar-refractivity contribution in [1.29, 1.82) is 0 Å². The molecular formula is C25H31N7O2. The second-order valence-electron chi connectivity index (χ2n) is 9.05. The molecule has 0 spiro atoms. The van der Waals surface area contributed by atoms with Crippen LogP contribution in [0.2, 0.25) is 0 Å². The Hall–Kier alpha value is -3.62. The number of likely N-dealkylation sites (tertiary alicyclic amines) is 1. The van der Waals surface area contributed by atoms with Crippen LogP contribution >= 0.6 is 0 Å². The maximum Gasteiger partial charge on any atom is 0.320 e. The van der Waals surface area contributed by atoms with E-state index in [1.54, 1.807) is 10.7 Å². The van der Waals surface area contributed by atoms with Gasteiger partial charge in [-0.25, -0.2) is 14.3 Å². The summed E-state index contributed by atoms with van der Waals surface area (Å²) in [4.78, 5) is 33.6. The Balaban J connectivity index is 1.18. The number of anilines is 2. The molecule has 2 N–H and O–H groups in total. The zero-order chi connectivity index (χ0) is 23.5. The number of hydrogen-bond acceptors (Lipinski definition) is 5. The molecule has 1 atom stereocenters. The minimum Gasteiger partial charge on any atom is -0.354 e. The molecule has 2 saturated heterocycles. The number of amides is 3. The highest BCUT2D eigenvalue weighted by atomic mass is 16.2. The molecule has 0 saturated carbocycles. The number of benzene rings is 1. The van der Waals surface area contributed by atoms with Crippen molar-refractivity contribution in [3.8, 4) is 0 Å². The van der Waals surface area contributed by atoms with Gasteiger partial charge >= 0.3 is 6.03 Å². The van der Waals surface area contributed by atoms with E-state index in [1.807, 2.05) is 19.1 Å². The molecule has 1 aromatic carbocycles. The number of carbonyl (C=O) groups excluding carboxylic acids is 2. The van der Waals surface area contributed by atoms with E-state index in [2.05, 4.69) is 60.8 Å². The van der Waals surface area contributed by atoms with E-state index in [0.29, 0.717) is 30.5 Å². The van der Waals surface area contributed by atoms with Crippen molar-refractivity contribution in [3.05, 3.63) is 54.2 Å². The molecule has 34 heavy (non-hydrogen) atoms. The molecule has 3 amide bonds. The van der Waals surface area contributed by atoms with Crippen LogP contribution in [0.1, 0.15) is 37.7 Å². The minimum absolute atomic E-state index is 0.00327. The van der Waals surface area contributed by atoms with Crippen molar-refractivity contribution in [3.63, 3.8) is 0 Å². The Morgan fingerprint density at radius 1 is 1.03 bits per heavy atom. The van der Waals surface area contributed by atoms with Gasteiger partial charge in [0.1, 0.15) is 5.82 Å². The SMILES string of the molecule is CCNC(=O)Nc1cn2nc(N3CCC(C(=O)N4CCC(c5ccccc5)CC4)C3)ccc2n1. The van der Waals surface area contributed by atoms with Crippen LogP contribution in [-0.4, -0.2) is 64.2 Å². The first-order chi connectivity index (χ1) is 16.6. The quantitative estimate of drug-likeness (QED) is 0.609. The first-order valence-electron chi connectivity index (χ1n) is 12.1. The van der Waals surface area contributed by atoms with Gasteiger partial charge in [0.2, 0.25) is 5.91 Å². The van der Waals surface area contributed by atoms with E-state index >= 15 is 0 Å². The molecule has 2 fully saturated rings. The number of piperidine rings is 1. The van der Waals surface area contributed by atoms with Gasteiger partial charge in [0.15, 0.2) is 11.5 Å². The molecule has 1 unspecified atom stereocenters. The van der Waals surface area contributed by atoms with Gasteiger partial charge in [-0.3, -0.25) is 10.1 Å². The van der Waals surface area contributed by atoms with E-state index in [4.69, 9.17) is 0 Å². The normalized spacial score (nSPS) is 18.9. The van der Waals surface area contributed by atoms with Gasteiger partial charge in [-0.2, -0.15) is 0 Å². The fourth-order valence-corrected chi connectivity index (χ4v) is 5.01. The van der Waals surface area contributed by atoms with Gasteiger partial charge in [-0.1, -0.05) is 30.3 Å². The number of nitrogens with zero attached hydrogens (tertiary/aromatic N) is 5. The predicted octanol–water partition coefficient (Wildman–Crippen LogP) is 3.10. The third-order valence-electron chi connectivity index (χ3n) is 6.82. The van der Waals surface area contributed by atoms with Crippen LogP contribution < -0.4 is 15.5 Å². The van der Waals surface area contributed by atoms with E-state index in [1.165, 1.54) is 5.56 Å². The maximum absolute atomic E-state index is 13.2. The van der Waals surface area contributed by atoms with Gasteiger partial charge in [0.05, 0.1) is 12.1 Å². The zero-order valence-corrected chi connectivity index (χ0v) is 19.5. The summed E-state index contributed by atoms with van der Waals surface area (Å²) in [5, 5.41) is 10.1. The second kappa shape index (κ2) is 9.70. The lowest BCUT2D eigenvalue weighted by molar-refractivity contribution is -0.135. The van der Waals surface area contributed by atoms with Crippen LogP contribution in [0, 0.1) is 5.92 Å². The number of rotatable bonds is 5. The van der Waals surface area contributed by atoms with Crippen LogP contribution in [-0.2, 0) is 4.79 Å². The summed E-state index contributed by atoms with van der Waals surface area (Å²) in [6.07, 6.45) is 4.59. The molecule has 9 nitrogen and oxygen atoms in total. The maximum atomic E-state index is 13.2. The molecule has 2 aromatic heterocycles. The Kier molecular flexibility index (Phi) is 6.33. The van der Waals surface area contributed by atoms with Crippen molar-refractivity contribution in [2.24, 2.45) is 5.92 Å². The first-order valence-corrected chi connectivity index (χ1v) is 12.1. The topological polar surface area (TPSA) is 94.9 Å². The predicted molar refractivity (Wildman–Crippen MR) is 131 cm³/mol. The molecule has 2 aliphatic heterocycles. The number of urea groups is 1. The lowest BCUT2D eigenvalue weighted by Gasteiger charge is -2.33. The van der Waals surface area contributed by atoms with E-state index < -0.39 is 0 Å². The van der Waals surface area contributed by atoms with E-state index in [-0.39, 0.29) is 17.9 Å². The number of hydrogen-bond donors (Lipinski definition) is 2. The van der Waals surface area contributed by atoms with Crippen LogP contribution in [0.3, 0.4) is 0 Å². The first kappa shape index (κ1) is 22.2. The molecule has 2 aliphatic rings. The highest BCUT2D eigenvalue weighted by Crippen LogP contribution is 2.30. The summed E-state index contributed by atoms with van der Waals surface area (Å²) >= 11 is 0. The third kappa shape index (κ3) is 4.69. The molecule has 0 radical (unpaired) electrons. The molecule has 4 heterocycles. The van der Waals surface area contributed by atoms with E-state index in [0.717, 1.165) is 44.7 Å². The number of imidazole rings is 1. The molecule has 9 heteroatoms. The van der Waals surface area contributed by atoms with Crippen LogP contribution in [0.25, 0.3) is 5.65 Å². The number of fused-ring (bicyclic) bond motifs is 1. The highest BCUT2D eigenvalue weighted by molar-refractivity contribution is 5.88. The number of nitrogens with one attached hydrogen (secondary N) is 2. The van der Waals surface area contributed by atoms with Gasteiger partial charge in [0.25, 0.3) is 0 Å². The summed E-state index contributed by atoms with van der Waals surface area (Å²) in [5.74, 6) is 2.08. The second-order valence-corrected chi connectivity index (χ2v) is 9.05. The summed E-state index contributed by atoms with van der Waals surface area (Å²) in [6, 6.07) is 14.1. The van der Waals surface area contributed by atoms with Gasteiger partial charge in [-0.05, 0) is 49.8 Å². The Labute approximate surface area is 199 Å². The molecule has 3 aromatic rings. The highest BCUT2D eigenvalue weighted by Gasteiger charge is 2.34. The molecule has 5 rings (SSSR count). The summed E-state index contributed by atoms with van der Waals surface area (Å²) in [6.45, 7) is 5.53. The van der Waals surface area contributed by atoms with Crippen molar-refractivity contribution < 1.29 is 9.59 Å². The van der Waals surface area contributed by atoms with Crippen LogP contribution in [0.15, 0.2) is 48.7 Å².